The molecule has 0 unspecified atom stereocenters. The average Bonchev–Trinajstić information content (AvgIpc) is 3.13. The molecule has 1 aliphatic rings. The molecule has 0 aromatic heterocycles. The molecule has 0 radical (unpaired) electrons. The molecular weight excluding hydrogens is 226 g/mol. The highest BCUT2D eigenvalue weighted by Crippen LogP contribution is 2.18. The maximum Gasteiger partial charge on any atom is 0.352 e. The zero-order chi connectivity index (χ0) is 12.8. The van der Waals surface area contributed by atoms with E-state index in [9.17, 15) is 9.59 Å². The molecule has 6 nitrogen and oxygen atoms in total. The number of rotatable bonds is 2. The standard InChI is InChI=1S/C7H6O3.C4H5NO2/c8-6-4-2-1-3-5(6)7(9)10;5-7-4(6)3-1-2-3/h1-4,8H,(H,9,10);1H,2,5H2. The van der Waals surface area contributed by atoms with E-state index in [1.807, 2.05) is 0 Å². The van der Waals surface area contributed by atoms with Crippen molar-refractivity contribution in [3.63, 3.8) is 0 Å². The summed E-state index contributed by atoms with van der Waals surface area (Å²) < 4.78 is 0. The number of nitrogens with two attached hydrogens (primary N) is 1. The van der Waals surface area contributed by atoms with Gasteiger partial charge in [0.25, 0.3) is 0 Å². The Labute approximate surface area is 96.9 Å². The van der Waals surface area contributed by atoms with Crippen molar-refractivity contribution in [3.8, 4) is 5.75 Å². The Kier molecular flexibility index (Phi) is 4.24. The summed E-state index contributed by atoms with van der Waals surface area (Å²) >= 11 is 0. The Hall–Kier alpha value is -2.34. The fraction of sp³-hybridized carbons (Fsp3) is 0.0909. The second-order valence-corrected chi connectivity index (χ2v) is 3.16. The van der Waals surface area contributed by atoms with Crippen molar-refractivity contribution in [2.75, 3.05) is 0 Å². The van der Waals surface area contributed by atoms with Gasteiger partial charge in [-0.15, -0.1) is 0 Å². The molecule has 0 fully saturated rings. The van der Waals surface area contributed by atoms with Gasteiger partial charge >= 0.3 is 11.9 Å². The number of carboxylic acids is 1. The molecule has 0 amide bonds. The minimum Gasteiger partial charge on any atom is -0.507 e. The van der Waals surface area contributed by atoms with Crippen LogP contribution < -0.4 is 5.90 Å². The summed E-state index contributed by atoms with van der Waals surface area (Å²) in [6.45, 7) is 0. The smallest absolute Gasteiger partial charge is 0.352 e. The van der Waals surface area contributed by atoms with Crippen LogP contribution in [0.4, 0.5) is 0 Å². The number of carbonyl (C=O) groups excluding carboxylic acids is 1. The number of hydrogen-bond donors (Lipinski definition) is 3. The molecule has 90 valence electrons. The number of phenols is 1. The van der Waals surface area contributed by atoms with Crippen molar-refractivity contribution >= 4 is 11.9 Å². The topological polar surface area (TPSA) is 110 Å². The molecule has 17 heavy (non-hydrogen) atoms. The van der Waals surface area contributed by atoms with Gasteiger partial charge in [0.2, 0.25) is 0 Å². The first-order valence-corrected chi connectivity index (χ1v) is 4.67. The summed E-state index contributed by atoms with van der Waals surface area (Å²) in [6.07, 6.45) is 2.51. The van der Waals surface area contributed by atoms with Crippen LogP contribution in [0.25, 0.3) is 0 Å². The van der Waals surface area contributed by atoms with Gasteiger partial charge in [-0.25, -0.2) is 9.59 Å². The quantitative estimate of drug-likeness (QED) is 0.657. The SMILES string of the molecule is NOC(=O)C1=CC1.O=C(O)c1ccccc1O. The van der Waals surface area contributed by atoms with Crippen molar-refractivity contribution in [1.29, 1.82) is 0 Å². The summed E-state index contributed by atoms with van der Waals surface area (Å²) in [5, 5.41) is 17.3. The third kappa shape index (κ3) is 3.96. The lowest BCUT2D eigenvalue weighted by Gasteiger charge is -1.95. The zero-order valence-electron chi connectivity index (χ0n) is 8.79. The van der Waals surface area contributed by atoms with Gasteiger partial charge in [-0.3, -0.25) is 0 Å². The predicted octanol–water partition coefficient (Wildman–Crippen LogP) is 0.824. The maximum atomic E-state index is 10.3. The molecule has 4 N–H and O–H groups in total. The Morgan fingerprint density at radius 3 is 2.18 bits per heavy atom. The molecule has 2 rings (SSSR count). The van der Waals surface area contributed by atoms with E-state index in [2.05, 4.69) is 10.7 Å². The number of para-hydroxylation sites is 1. The zero-order valence-corrected chi connectivity index (χ0v) is 8.79. The fourth-order valence-corrected chi connectivity index (χ4v) is 0.948. The van der Waals surface area contributed by atoms with Crippen molar-refractivity contribution < 1.29 is 24.6 Å². The van der Waals surface area contributed by atoms with E-state index in [1.165, 1.54) is 12.1 Å². The van der Waals surface area contributed by atoms with Crippen molar-refractivity contribution in [3.05, 3.63) is 41.5 Å². The van der Waals surface area contributed by atoms with Crippen LogP contribution >= 0.6 is 0 Å². The monoisotopic (exact) mass is 237 g/mol. The number of carboxylic acid groups (broad SMARTS) is 1. The Bertz CT molecular complexity index is 467. The molecule has 0 heterocycles. The van der Waals surface area contributed by atoms with Gasteiger partial charge < -0.3 is 15.1 Å². The van der Waals surface area contributed by atoms with Crippen LogP contribution in [-0.4, -0.2) is 22.2 Å². The summed E-state index contributed by atoms with van der Waals surface area (Å²) in [5.74, 6) is 2.81. The van der Waals surface area contributed by atoms with E-state index < -0.39 is 11.9 Å². The summed E-state index contributed by atoms with van der Waals surface area (Å²) in [5.41, 5.74) is 0.616. The van der Waals surface area contributed by atoms with Crippen LogP contribution in [0, 0.1) is 0 Å². The highest BCUT2D eigenvalue weighted by atomic mass is 16.7. The number of allylic oxidation sites excluding steroid dienone is 1. The largest absolute Gasteiger partial charge is 0.507 e. The molecular formula is C11H11NO5. The van der Waals surface area contributed by atoms with Gasteiger partial charge in [0.15, 0.2) is 0 Å². The number of aromatic hydroxyl groups is 1. The maximum absolute atomic E-state index is 10.3. The highest BCUT2D eigenvalue weighted by Gasteiger charge is 2.16. The number of hydrogen-bond acceptors (Lipinski definition) is 5. The van der Waals surface area contributed by atoms with E-state index in [-0.39, 0.29) is 11.3 Å². The second-order valence-electron chi connectivity index (χ2n) is 3.16. The minimum absolute atomic E-state index is 0.0671. The van der Waals surface area contributed by atoms with Crippen LogP contribution in [0.1, 0.15) is 16.8 Å². The third-order valence-electron chi connectivity index (χ3n) is 1.91. The second kappa shape index (κ2) is 5.66. The Balaban J connectivity index is 0.000000181. The van der Waals surface area contributed by atoms with E-state index in [0.29, 0.717) is 5.57 Å². The number of aromatic carboxylic acids is 1. The lowest BCUT2D eigenvalue weighted by atomic mass is 10.2. The van der Waals surface area contributed by atoms with Gasteiger partial charge in [-0.2, -0.15) is 5.90 Å². The normalized spacial score (nSPS) is 11.7. The molecule has 6 heteroatoms. The Morgan fingerprint density at radius 2 is 1.88 bits per heavy atom. The van der Waals surface area contributed by atoms with Crippen molar-refractivity contribution in [2.45, 2.75) is 6.42 Å². The highest BCUT2D eigenvalue weighted by molar-refractivity contribution is 5.92. The van der Waals surface area contributed by atoms with Crippen LogP contribution in [-0.2, 0) is 9.63 Å². The lowest BCUT2D eigenvalue weighted by Crippen LogP contribution is -2.07. The first kappa shape index (κ1) is 12.7. The fourth-order valence-electron chi connectivity index (χ4n) is 0.948. The van der Waals surface area contributed by atoms with Crippen LogP contribution in [0.5, 0.6) is 5.75 Å². The minimum atomic E-state index is -1.11. The van der Waals surface area contributed by atoms with Gasteiger partial charge in [0.05, 0.1) is 0 Å². The molecule has 0 saturated carbocycles. The summed E-state index contributed by atoms with van der Waals surface area (Å²) in [4.78, 5) is 24.3. The van der Waals surface area contributed by atoms with Gasteiger partial charge in [-0.05, 0) is 18.6 Å². The molecule has 1 aromatic rings. The predicted molar refractivity (Wildman–Crippen MR) is 58.0 cm³/mol. The van der Waals surface area contributed by atoms with Gasteiger partial charge in [0.1, 0.15) is 11.3 Å². The first-order valence-electron chi connectivity index (χ1n) is 4.67. The first-order chi connectivity index (χ1) is 8.06. The molecule has 0 saturated heterocycles. The average molecular weight is 237 g/mol. The molecule has 0 atom stereocenters. The molecule has 1 aliphatic carbocycles. The summed E-state index contributed by atoms with van der Waals surface area (Å²) in [6, 6.07) is 5.81. The Morgan fingerprint density at radius 1 is 1.29 bits per heavy atom. The van der Waals surface area contributed by atoms with Gasteiger partial charge in [0, 0.05) is 5.57 Å². The van der Waals surface area contributed by atoms with Crippen LogP contribution in [0.3, 0.4) is 0 Å². The molecule has 0 aliphatic heterocycles. The number of benzene rings is 1. The molecule has 1 aromatic carbocycles. The third-order valence-corrected chi connectivity index (χ3v) is 1.91. The number of carbonyl (C=O) groups is 2. The van der Waals surface area contributed by atoms with E-state index in [4.69, 9.17) is 10.2 Å². The van der Waals surface area contributed by atoms with Crippen LogP contribution in [0.15, 0.2) is 35.9 Å². The summed E-state index contributed by atoms with van der Waals surface area (Å²) in [7, 11) is 0. The van der Waals surface area contributed by atoms with E-state index in [1.54, 1.807) is 18.2 Å². The van der Waals surface area contributed by atoms with Crippen molar-refractivity contribution in [2.24, 2.45) is 5.90 Å². The molecule has 0 bridgehead atoms. The van der Waals surface area contributed by atoms with E-state index >= 15 is 0 Å². The van der Waals surface area contributed by atoms with E-state index in [0.717, 1.165) is 6.42 Å². The molecule has 0 spiro atoms. The van der Waals surface area contributed by atoms with Gasteiger partial charge in [-0.1, -0.05) is 18.2 Å². The van der Waals surface area contributed by atoms with Crippen LogP contribution in [0.2, 0.25) is 0 Å². The van der Waals surface area contributed by atoms with Crippen molar-refractivity contribution in [1.82, 2.24) is 0 Å². The lowest BCUT2D eigenvalue weighted by molar-refractivity contribution is -0.139.